The number of carbonyl (C=O) groups is 1. The molecule has 0 spiro atoms. The second kappa shape index (κ2) is 5.03. The molecule has 21 heavy (non-hydrogen) atoms. The van der Waals surface area contributed by atoms with Crippen LogP contribution in [0.3, 0.4) is 0 Å². The number of rotatable bonds is 3. The van der Waals surface area contributed by atoms with Gasteiger partial charge in [0.05, 0.1) is 6.61 Å². The van der Waals surface area contributed by atoms with Crippen LogP contribution < -0.4 is 4.74 Å². The molecular weight excluding hydrogens is 260 g/mol. The van der Waals surface area contributed by atoms with E-state index in [2.05, 4.69) is 24.3 Å². The molecule has 1 unspecified atom stereocenters. The van der Waals surface area contributed by atoms with Crippen molar-refractivity contribution in [2.24, 2.45) is 5.92 Å². The van der Waals surface area contributed by atoms with Gasteiger partial charge in [-0.25, -0.2) is 0 Å². The average molecular weight is 278 g/mol. The molecule has 2 aliphatic rings. The summed E-state index contributed by atoms with van der Waals surface area (Å²) in [7, 11) is 0. The normalized spacial score (nSPS) is 19.2. The van der Waals surface area contributed by atoms with Gasteiger partial charge in [-0.2, -0.15) is 0 Å². The summed E-state index contributed by atoms with van der Waals surface area (Å²) in [6, 6.07) is 14.5. The summed E-state index contributed by atoms with van der Waals surface area (Å²) < 4.78 is 5.54. The van der Waals surface area contributed by atoms with Gasteiger partial charge in [-0.1, -0.05) is 36.4 Å². The van der Waals surface area contributed by atoms with Crippen molar-refractivity contribution >= 4 is 5.78 Å². The molecule has 106 valence electrons. The lowest BCUT2D eigenvalue weighted by atomic mass is 9.95. The van der Waals surface area contributed by atoms with Gasteiger partial charge in [0, 0.05) is 17.9 Å². The zero-order valence-electron chi connectivity index (χ0n) is 12.0. The minimum absolute atomic E-state index is 0.159. The molecule has 2 aromatic rings. The highest BCUT2D eigenvalue weighted by atomic mass is 16.5. The molecule has 2 nitrogen and oxygen atoms in total. The van der Waals surface area contributed by atoms with Gasteiger partial charge in [0.1, 0.15) is 5.75 Å². The van der Waals surface area contributed by atoms with Crippen LogP contribution in [0.15, 0.2) is 42.5 Å². The van der Waals surface area contributed by atoms with Gasteiger partial charge in [0.2, 0.25) is 0 Å². The topological polar surface area (TPSA) is 26.3 Å². The lowest BCUT2D eigenvalue weighted by Gasteiger charge is -2.09. The molecule has 0 saturated heterocycles. The van der Waals surface area contributed by atoms with Gasteiger partial charge in [0.15, 0.2) is 5.78 Å². The van der Waals surface area contributed by atoms with Gasteiger partial charge >= 0.3 is 0 Å². The zero-order chi connectivity index (χ0) is 14.2. The zero-order valence-corrected chi connectivity index (χ0v) is 12.0. The van der Waals surface area contributed by atoms with E-state index in [1.165, 1.54) is 16.7 Å². The number of fused-ring (bicyclic) bond motifs is 2. The number of hydrogen-bond donors (Lipinski definition) is 0. The van der Waals surface area contributed by atoms with Crippen molar-refractivity contribution in [2.75, 3.05) is 6.61 Å². The molecule has 0 radical (unpaired) electrons. The van der Waals surface area contributed by atoms with E-state index in [1.54, 1.807) is 0 Å². The molecule has 2 heteroatoms. The number of Topliss-reactive ketones (excluding diaryl/α,β-unsaturated/α-hetero) is 1. The monoisotopic (exact) mass is 278 g/mol. The number of ether oxygens (including phenoxy) is 1. The third-order valence-corrected chi connectivity index (χ3v) is 4.66. The fourth-order valence-corrected chi connectivity index (χ4v) is 3.49. The van der Waals surface area contributed by atoms with Crippen molar-refractivity contribution in [2.45, 2.75) is 25.7 Å². The van der Waals surface area contributed by atoms with Gasteiger partial charge in [-0.3, -0.25) is 4.79 Å². The number of ketones is 1. The molecule has 0 N–H and O–H groups in total. The summed E-state index contributed by atoms with van der Waals surface area (Å²) >= 11 is 0. The van der Waals surface area contributed by atoms with E-state index in [0.29, 0.717) is 5.78 Å². The Morgan fingerprint density at radius 2 is 2.00 bits per heavy atom. The Morgan fingerprint density at radius 1 is 1.10 bits per heavy atom. The Hall–Kier alpha value is -2.09. The maximum atomic E-state index is 12.4. The fourth-order valence-electron chi connectivity index (χ4n) is 3.49. The SMILES string of the molecule is O=C1c2ccccc2CC1CCc1ccc2c(c1)CCO2. The Kier molecular flexibility index (Phi) is 3.03. The highest BCUT2D eigenvalue weighted by molar-refractivity contribution is 6.02. The van der Waals surface area contributed by atoms with Crippen molar-refractivity contribution in [3.8, 4) is 5.75 Å². The molecule has 1 aliphatic carbocycles. The van der Waals surface area contributed by atoms with E-state index in [-0.39, 0.29) is 5.92 Å². The van der Waals surface area contributed by atoms with Crippen LogP contribution in [0, 0.1) is 5.92 Å². The molecule has 1 heterocycles. The summed E-state index contributed by atoms with van der Waals surface area (Å²) in [5.74, 6) is 1.52. The third-order valence-electron chi connectivity index (χ3n) is 4.66. The van der Waals surface area contributed by atoms with Crippen molar-refractivity contribution < 1.29 is 9.53 Å². The van der Waals surface area contributed by atoms with Crippen molar-refractivity contribution in [1.29, 1.82) is 0 Å². The molecule has 0 fully saturated rings. The molecule has 0 aromatic heterocycles. The van der Waals surface area contributed by atoms with Crippen molar-refractivity contribution in [3.05, 3.63) is 64.7 Å². The minimum Gasteiger partial charge on any atom is -0.493 e. The Balaban J connectivity index is 1.45. The van der Waals surface area contributed by atoms with Gasteiger partial charge in [0.25, 0.3) is 0 Å². The summed E-state index contributed by atoms with van der Waals surface area (Å²) in [5.41, 5.74) is 4.79. The first-order chi connectivity index (χ1) is 10.3. The predicted octanol–water partition coefficient (Wildman–Crippen LogP) is 3.61. The molecule has 0 amide bonds. The van der Waals surface area contributed by atoms with E-state index in [4.69, 9.17) is 4.74 Å². The number of aryl methyl sites for hydroxylation is 1. The van der Waals surface area contributed by atoms with Crippen molar-refractivity contribution in [3.63, 3.8) is 0 Å². The van der Waals surface area contributed by atoms with Crippen LogP contribution in [0.25, 0.3) is 0 Å². The first-order valence-corrected chi connectivity index (χ1v) is 7.68. The maximum absolute atomic E-state index is 12.4. The van der Waals surface area contributed by atoms with E-state index >= 15 is 0 Å². The summed E-state index contributed by atoms with van der Waals surface area (Å²) in [6.45, 7) is 0.801. The molecule has 1 atom stereocenters. The Bertz CT molecular complexity index is 702. The second-order valence-electron chi connectivity index (χ2n) is 6.00. The van der Waals surface area contributed by atoms with Gasteiger partial charge in [-0.15, -0.1) is 0 Å². The van der Waals surface area contributed by atoms with Crippen molar-refractivity contribution in [1.82, 2.24) is 0 Å². The highest BCUT2D eigenvalue weighted by Gasteiger charge is 2.29. The van der Waals surface area contributed by atoms with Crippen LogP contribution in [0.4, 0.5) is 0 Å². The van der Waals surface area contributed by atoms with E-state index in [1.807, 2.05) is 18.2 Å². The van der Waals surface area contributed by atoms with E-state index in [9.17, 15) is 4.79 Å². The predicted molar refractivity (Wildman–Crippen MR) is 81.9 cm³/mol. The second-order valence-corrected chi connectivity index (χ2v) is 6.00. The van der Waals surface area contributed by atoms with Gasteiger partial charge in [-0.05, 0) is 42.0 Å². The van der Waals surface area contributed by atoms with Gasteiger partial charge < -0.3 is 4.74 Å². The molecule has 2 aromatic carbocycles. The third kappa shape index (κ3) is 2.25. The molecule has 4 rings (SSSR count). The van der Waals surface area contributed by atoms with Crippen LogP contribution in [0.5, 0.6) is 5.75 Å². The standard InChI is InChI=1S/C19H18O2/c20-19-16(12-14-3-1-2-4-17(14)19)7-5-13-6-8-18-15(11-13)9-10-21-18/h1-4,6,8,11,16H,5,7,9-10,12H2. The molecule has 0 saturated carbocycles. The Morgan fingerprint density at radius 3 is 2.90 bits per heavy atom. The summed E-state index contributed by atoms with van der Waals surface area (Å²) in [4.78, 5) is 12.4. The number of benzene rings is 2. The average Bonchev–Trinajstić information content (AvgIpc) is 3.10. The van der Waals surface area contributed by atoms with E-state index < -0.39 is 0 Å². The number of hydrogen-bond acceptors (Lipinski definition) is 2. The smallest absolute Gasteiger partial charge is 0.166 e. The lowest BCUT2D eigenvalue weighted by Crippen LogP contribution is -2.10. The van der Waals surface area contributed by atoms with Crippen LogP contribution >= 0.6 is 0 Å². The lowest BCUT2D eigenvalue weighted by molar-refractivity contribution is 0.0931. The van der Waals surface area contributed by atoms with Crippen LogP contribution in [-0.2, 0) is 19.3 Å². The molecule has 0 bridgehead atoms. The molecule has 1 aliphatic heterocycles. The maximum Gasteiger partial charge on any atom is 0.166 e. The highest BCUT2D eigenvalue weighted by Crippen LogP contribution is 2.31. The quantitative estimate of drug-likeness (QED) is 0.857. The fraction of sp³-hybridized carbons (Fsp3) is 0.316. The Labute approximate surface area is 124 Å². The first kappa shape index (κ1) is 12.6. The summed E-state index contributed by atoms with van der Waals surface area (Å²) in [5, 5.41) is 0. The minimum atomic E-state index is 0.159. The summed E-state index contributed by atoms with van der Waals surface area (Å²) in [6.07, 6.45) is 3.82. The van der Waals surface area contributed by atoms with Crippen LogP contribution in [-0.4, -0.2) is 12.4 Å². The largest absolute Gasteiger partial charge is 0.493 e. The van der Waals surface area contributed by atoms with Crippen LogP contribution in [0.1, 0.15) is 33.5 Å². The van der Waals surface area contributed by atoms with E-state index in [0.717, 1.165) is 43.6 Å². The number of carbonyl (C=O) groups excluding carboxylic acids is 1. The molecular formula is C19H18O2. The van der Waals surface area contributed by atoms with Crippen LogP contribution in [0.2, 0.25) is 0 Å². The first-order valence-electron chi connectivity index (χ1n) is 7.68.